The monoisotopic (exact) mass is 265 g/mol. The van der Waals surface area contributed by atoms with Gasteiger partial charge < -0.3 is 9.47 Å². The first-order valence-electron chi connectivity index (χ1n) is 6.76. The van der Waals surface area contributed by atoms with Gasteiger partial charge in [0.15, 0.2) is 0 Å². The van der Waals surface area contributed by atoms with E-state index in [1.54, 1.807) is 0 Å². The van der Waals surface area contributed by atoms with Gasteiger partial charge in [-0.1, -0.05) is 18.2 Å². The minimum absolute atomic E-state index is 0.123. The lowest BCUT2D eigenvalue weighted by Crippen LogP contribution is -2.31. The van der Waals surface area contributed by atoms with Crippen molar-refractivity contribution in [2.24, 2.45) is 5.92 Å². The average molecular weight is 265 g/mol. The highest BCUT2D eigenvalue weighted by Crippen LogP contribution is 2.41. The Morgan fingerprint density at radius 3 is 2.90 bits per heavy atom. The Bertz CT molecular complexity index is 831. The number of hydrogen-bond donors (Lipinski definition) is 0. The van der Waals surface area contributed by atoms with Crippen molar-refractivity contribution in [1.29, 1.82) is 0 Å². The highest BCUT2D eigenvalue weighted by atomic mass is 16.1. The second-order valence-corrected chi connectivity index (χ2v) is 5.51. The minimum Gasteiger partial charge on any atom is -0.370 e. The van der Waals surface area contributed by atoms with E-state index in [9.17, 15) is 4.79 Å². The standard InChI is InChI=1S/C16H15N3O/c1-10-9-19-13-6-4-3-5-12(13)16(20)17-15(19)14-11(10)7-8-18(14)2/h3-9,11,14H,1-2H3. The van der Waals surface area contributed by atoms with E-state index in [2.05, 4.69) is 39.9 Å². The van der Waals surface area contributed by atoms with Crippen molar-refractivity contribution in [2.45, 2.75) is 13.0 Å². The molecule has 0 amide bonds. The van der Waals surface area contributed by atoms with E-state index < -0.39 is 0 Å². The van der Waals surface area contributed by atoms with E-state index in [1.165, 1.54) is 5.57 Å². The van der Waals surface area contributed by atoms with Gasteiger partial charge in [0.25, 0.3) is 5.56 Å². The summed E-state index contributed by atoms with van der Waals surface area (Å²) < 4.78 is 2.07. The molecule has 2 aliphatic heterocycles. The molecule has 1 aromatic heterocycles. The summed E-state index contributed by atoms with van der Waals surface area (Å²) in [6, 6.07) is 7.78. The summed E-state index contributed by atoms with van der Waals surface area (Å²) in [4.78, 5) is 18.7. The fourth-order valence-electron chi connectivity index (χ4n) is 3.26. The Kier molecular flexibility index (Phi) is 2.19. The molecule has 2 atom stereocenters. The summed E-state index contributed by atoms with van der Waals surface area (Å²) in [5.74, 6) is 1.14. The zero-order valence-electron chi connectivity index (χ0n) is 11.4. The molecule has 4 heteroatoms. The Morgan fingerprint density at radius 2 is 2.05 bits per heavy atom. The zero-order chi connectivity index (χ0) is 13.9. The number of aromatic nitrogens is 2. The molecule has 3 heterocycles. The maximum atomic E-state index is 12.2. The van der Waals surface area contributed by atoms with Gasteiger partial charge in [0.1, 0.15) is 5.82 Å². The molecule has 4 rings (SSSR count). The molecule has 0 saturated carbocycles. The minimum atomic E-state index is -0.140. The molecule has 2 aromatic rings. The third kappa shape index (κ3) is 1.36. The van der Waals surface area contributed by atoms with Gasteiger partial charge in [0, 0.05) is 19.2 Å². The van der Waals surface area contributed by atoms with Crippen molar-refractivity contribution in [3.05, 3.63) is 58.3 Å². The SMILES string of the molecule is CC1=Cn2c(nc(=O)c3ccccc32)C2C1C=CN2C. The first-order chi connectivity index (χ1) is 9.66. The third-order valence-electron chi connectivity index (χ3n) is 4.29. The molecule has 0 fully saturated rings. The normalized spacial score (nSPS) is 23.7. The van der Waals surface area contributed by atoms with Crippen LogP contribution in [-0.2, 0) is 0 Å². The van der Waals surface area contributed by atoms with Gasteiger partial charge in [0.2, 0.25) is 0 Å². The third-order valence-corrected chi connectivity index (χ3v) is 4.29. The van der Waals surface area contributed by atoms with E-state index in [4.69, 9.17) is 0 Å². The van der Waals surface area contributed by atoms with Crippen molar-refractivity contribution in [3.8, 4) is 0 Å². The fraction of sp³-hybridized carbons (Fsp3) is 0.250. The number of benzene rings is 1. The summed E-state index contributed by atoms with van der Waals surface area (Å²) in [5, 5.41) is 0.673. The molecule has 100 valence electrons. The van der Waals surface area contributed by atoms with Crippen molar-refractivity contribution >= 4 is 17.1 Å². The van der Waals surface area contributed by atoms with Crippen LogP contribution < -0.4 is 5.56 Å². The molecular formula is C16H15N3O. The molecule has 0 bridgehead atoms. The van der Waals surface area contributed by atoms with E-state index in [0.29, 0.717) is 11.3 Å². The summed E-state index contributed by atoms with van der Waals surface area (Å²) in [6.07, 6.45) is 6.36. The number of hydrogen-bond acceptors (Lipinski definition) is 3. The highest BCUT2D eigenvalue weighted by Gasteiger charge is 2.36. The van der Waals surface area contributed by atoms with Crippen LogP contribution in [0.2, 0.25) is 0 Å². The summed E-state index contributed by atoms with van der Waals surface area (Å²) in [7, 11) is 2.03. The Hall–Kier alpha value is -2.36. The van der Waals surface area contributed by atoms with Gasteiger partial charge >= 0.3 is 0 Å². The summed E-state index contributed by atoms with van der Waals surface area (Å²) >= 11 is 0. The van der Waals surface area contributed by atoms with E-state index in [-0.39, 0.29) is 11.6 Å². The molecule has 0 aliphatic carbocycles. The lowest BCUT2D eigenvalue weighted by molar-refractivity contribution is 0.302. The number of fused-ring (bicyclic) bond motifs is 5. The van der Waals surface area contributed by atoms with Gasteiger partial charge in [-0.25, -0.2) is 0 Å². The molecular weight excluding hydrogens is 250 g/mol. The maximum Gasteiger partial charge on any atom is 0.280 e. The molecule has 0 saturated heterocycles. The van der Waals surface area contributed by atoms with Crippen LogP contribution in [0.25, 0.3) is 17.1 Å². The van der Waals surface area contributed by atoms with Crippen LogP contribution in [-0.4, -0.2) is 21.5 Å². The van der Waals surface area contributed by atoms with Gasteiger partial charge in [-0.05, 0) is 30.8 Å². The van der Waals surface area contributed by atoms with Gasteiger partial charge in [-0.15, -0.1) is 0 Å². The first kappa shape index (κ1) is 11.5. The quantitative estimate of drug-likeness (QED) is 0.734. The van der Waals surface area contributed by atoms with Crippen LogP contribution in [0.3, 0.4) is 0 Å². The van der Waals surface area contributed by atoms with E-state index >= 15 is 0 Å². The molecule has 0 radical (unpaired) electrons. The average Bonchev–Trinajstić information content (AvgIpc) is 2.84. The van der Waals surface area contributed by atoms with Crippen LogP contribution >= 0.6 is 0 Å². The number of nitrogens with zero attached hydrogens (tertiary/aromatic N) is 3. The van der Waals surface area contributed by atoms with Crippen molar-refractivity contribution in [3.63, 3.8) is 0 Å². The van der Waals surface area contributed by atoms with Gasteiger partial charge in [-0.3, -0.25) is 4.79 Å². The Morgan fingerprint density at radius 1 is 1.25 bits per heavy atom. The van der Waals surface area contributed by atoms with Crippen LogP contribution in [0, 0.1) is 5.92 Å². The fourth-order valence-corrected chi connectivity index (χ4v) is 3.26. The van der Waals surface area contributed by atoms with Gasteiger partial charge in [-0.2, -0.15) is 4.98 Å². The smallest absolute Gasteiger partial charge is 0.280 e. The Labute approximate surface area is 116 Å². The molecule has 0 N–H and O–H groups in total. The van der Waals surface area contributed by atoms with Gasteiger partial charge in [0.05, 0.1) is 16.9 Å². The number of para-hydroxylation sites is 1. The predicted octanol–water partition coefficient (Wildman–Crippen LogP) is 2.39. The maximum absolute atomic E-state index is 12.2. The highest BCUT2D eigenvalue weighted by molar-refractivity contribution is 5.80. The molecule has 2 unspecified atom stereocenters. The first-order valence-corrected chi connectivity index (χ1v) is 6.76. The zero-order valence-corrected chi connectivity index (χ0v) is 11.4. The van der Waals surface area contributed by atoms with Crippen LogP contribution in [0.5, 0.6) is 0 Å². The van der Waals surface area contributed by atoms with Crippen molar-refractivity contribution in [1.82, 2.24) is 14.5 Å². The second-order valence-electron chi connectivity index (χ2n) is 5.51. The lowest BCUT2D eigenvalue weighted by Gasteiger charge is -2.32. The van der Waals surface area contributed by atoms with Crippen LogP contribution in [0.15, 0.2) is 46.9 Å². The van der Waals surface area contributed by atoms with E-state index in [0.717, 1.165) is 11.3 Å². The topological polar surface area (TPSA) is 38.1 Å². The molecule has 4 nitrogen and oxygen atoms in total. The van der Waals surface area contributed by atoms with Crippen molar-refractivity contribution < 1.29 is 0 Å². The summed E-state index contributed by atoms with van der Waals surface area (Å²) in [6.45, 7) is 2.14. The van der Waals surface area contributed by atoms with Crippen LogP contribution in [0.1, 0.15) is 18.8 Å². The summed E-state index contributed by atoms with van der Waals surface area (Å²) in [5.41, 5.74) is 2.08. The lowest BCUT2D eigenvalue weighted by atomic mass is 9.91. The number of rotatable bonds is 0. The van der Waals surface area contributed by atoms with Crippen LogP contribution in [0.4, 0.5) is 0 Å². The predicted molar refractivity (Wildman–Crippen MR) is 79.1 cm³/mol. The van der Waals surface area contributed by atoms with Crippen molar-refractivity contribution in [2.75, 3.05) is 7.05 Å². The molecule has 20 heavy (non-hydrogen) atoms. The molecule has 2 aliphatic rings. The Balaban J connectivity index is 2.11. The molecule has 0 spiro atoms. The van der Waals surface area contributed by atoms with E-state index in [1.807, 2.05) is 31.3 Å². The molecule has 1 aromatic carbocycles. The second kappa shape index (κ2) is 3.82. The largest absolute Gasteiger partial charge is 0.370 e.